The molecule has 0 spiro atoms. The molecule has 0 fully saturated rings. The fourth-order valence-electron chi connectivity index (χ4n) is 2.97. The van der Waals surface area contributed by atoms with E-state index in [0.717, 1.165) is 22.4 Å². The normalized spacial score (nSPS) is 11.0. The van der Waals surface area contributed by atoms with Crippen LogP contribution in [0.25, 0.3) is 10.9 Å². The second-order valence-corrected chi connectivity index (χ2v) is 6.25. The van der Waals surface area contributed by atoms with Gasteiger partial charge in [0.2, 0.25) is 0 Å². The molecule has 1 aromatic heterocycles. The van der Waals surface area contributed by atoms with E-state index < -0.39 is 11.4 Å². The fraction of sp³-hybridized carbons (Fsp3) is 0.300. The zero-order valence-corrected chi connectivity index (χ0v) is 14.7. The van der Waals surface area contributed by atoms with Crippen LogP contribution in [0.2, 0.25) is 0 Å². The molecule has 3 rings (SSSR count). The first-order chi connectivity index (χ1) is 12.0. The SMILES string of the molecule is Cc1ccc2c(c1)c(=O)oc(=O)n2CCCOc1c(C)cccc1C. The number of nitrogens with zero attached hydrogens (tertiary/aromatic N) is 1. The lowest BCUT2D eigenvalue weighted by Gasteiger charge is -2.13. The maximum Gasteiger partial charge on any atom is 0.422 e. The molecule has 0 aliphatic carbocycles. The number of hydrogen-bond acceptors (Lipinski definition) is 4. The van der Waals surface area contributed by atoms with Crippen molar-refractivity contribution in [3.8, 4) is 5.75 Å². The summed E-state index contributed by atoms with van der Waals surface area (Å²) < 4.78 is 12.2. The number of aryl methyl sites for hydroxylation is 4. The molecule has 0 saturated heterocycles. The summed E-state index contributed by atoms with van der Waals surface area (Å²) in [5.74, 6) is 0.253. The highest BCUT2D eigenvalue weighted by Crippen LogP contribution is 2.22. The van der Waals surface area contributed by atoms with Gasteiger partial charge in [0.25, 0.3) is 0 Å². The van der Waals surface area contributed by atoms with Gasteiger partial charge in [-0.25, -0.2) is 9.59 Å². The van der Waals surface area contributed by atoms with Crippen molar-refractivity contribution in [3.05, 3.63) is 74.1 Å². The molecule has 0 aliphatic heterocycles. The molecular formula is C20H21NO4. The minimum absolute atomic E-state index is 0.424. The van der Waals surface area contributed by atoms with Gasteiger partial charge in [-0.05, 0) is 50.5 Å². The van der Waals surface area contributed by atoms with Crippen LogP contribution in [-0.2, 0) is 6.54 Å². The summed E-state index contributed by atoms with van der Waals surface area (Å²) in [6.45, 7) is 6.81. The maximum absolute atomic E-state index is 12.1. The highest BCUT2D eigenvalue weighted by atomic mass is 16.5. The van der Waals surface area contributed by atoms with E-state index >= 15 is 0 Å². The fourth-order valence-corrected chi connectivity index (χ4v) is 2.97. The van der Waals surface area contributed by atoms with Gasteiger partial charge in [0.05, 0.1) is 17.5 Å². The Kier molecular flexibility index (Phi) is 4.74. The van der Waals surface area contributed by atoms with E-state index in [9.17, 15) is 9.59 Å². The van der Waals surface area contributed by atoms with Crippen LogP contribution in [0.1, 0.15) is 23.1 Å². The van der Waals surface area contributed by atoms with Crippen LogP contribution in [0.15, 0.2) is 50.4 Å². The summed E-state index contributed by atoms with van der Waals surface area (Å²) in [5, 5.41) is 0.426. The standard InChI is InChI=1S/C20H21NO4/c1-13-8-9-17-16(12-13)19(22)25-20(23)21(17)10-5-11-24-18-14(2)6-4-7-15(18)3/h4,6-9,12H,5,10-11H2,1-3H3. The molecule has 3 aromatic rings. The van der Waals surface area contributed by atoms with Crippen LogP contribution in [0.3, 0.4) is 0 Å². The smallest absolute Gasteiger partial charge is 0.422 e. The van der Waals surface area contributed by atoms with Gasteiger partial charge in [-0.15, -0.1) is 0 Å². The van der Waals surface area contributed by atoms with Crippen molar-refractivity contribution in [1.82, 2.24) is 4.57 Å². The molecule has 0 radical (unpaired) electrons. The number of benzene rings is 2. The molecule has 5 nitrogen and oxygen atoms in total. The summed E-state index contributed by atoms with van der Waals surface area (Å²) in [6.07, 6.45) is 0.629. The van der Waals surface area contributed by atoms with Crippen molar-refractivity contribution >= 4 is 10.9 Å². The molecule has 0 amide bonds. The van der Waals surface area contributed by atoms with Gasteiger partial charge in [0.15, 0.2) is 0 Å². The zero-order valence-electron chi connectivity index (χ0n) is 14.7. The van der Waals surface area contributed by atoms with Crippen LogP contribution < -0.4 is 16.1 Å². The second kappa shape index (κ2) is 6.97. The Hall–Kier alpha value is -2.82. The average Bonchev–Trinajstić information content (AvgIpc) is 2.56. The van der Waals surface area contributed by atoms with Crippen LogP contribution in [0.5, 0.6) is 5.75 Å². The Morgan fingerprint density at radius 2 is 1.76 bits per heavy atom. The third-order valence-electron chi connectivity index (χ3n) is 4.24. The molecule has 1 heterocycles. The minimum atomic E-state index is -0.631. The molecule has 25 heavy (non-hydrogen) atoms. The summed E-state index contributed by atoms with van der Waals surface area (Å²) in [5.41, 5.74) is 3.13. The molecule has 130 valence electrons. The van der Waals surface area contributed by atoms with Crippen LogP contribution in [0, 0.1) is 20.8 Å². The topological polar surface area (TPSA) is 61.4 Å². The summed E-state index contributed by atoms with van der Waals surface area (Å²) in [7, 11) is 0. The van der Waals surface area contributed by atoms with Crippen molar-refractivity contribution in [2.75, 3.05) is 6.61 Å². The first-order valence-electron chi connectivity index (χ1n) is 8.30. The van der Waals surface area contributed by atoms with Crippen molar-refractivity contribution in [2.45, 2.75) is 33.7 Å². The predicted octanol–water partition coefficient (Wildman–Crippen LogP) is 3.35. The Labute approximate surface area is 145 Å². The van der Waals surface area contributed by atoms with Crippen molar-refractivity contribution in [1.29, 1.82) is 0 Å². The van der Waals surface area contributed by atoms with Gasteiger partial charge in [0, 0.05) is 6.54 Å². The molecular weight excluding hydrogens is 318 g/mol. The van der Waals surface area contributed by atoms with Crippen molar-refractivity contribution in [2.24, 2.45) is 0 Å². The third-order valence-corrected chi connectivity index (χ3v) is 4.24. The molecule has 0 N–H and O–H groups in total. The summed E-state index contributed by atoms with van der Waals surface area (Å²) in [6, 6.07) is 11.4. The van der Waals surface area contributed by atoms with Gasteiger partial charge in [-0.3, -0.25) is 4.57 Å². The van der Waals surface area contributed by atoms with E-state index in [1.54, 1.807) is 12.1 Å². The van der Waals surface area contributed by atoms with Gasteiger partial charge in [-0.1, -0.05) is 29.8 Å². The summed E-state index contributed by atoms with van der Waals surface area (Å²) >= 11 is 0. The second-order valence-electron chi connectivity index (χ2n) is 6.25. The molecule has 0 unspecified atom stereocenters. The van der Waals surface area contributed by atoms with E-state index in [0.29, 0.717) is 30.5 Å². The highest BCUT2D eigenvalue weighted by molar-refractivity contribution is 5.78. The molecule has 5 heteroatoms. The Morgan fingerprint density at radius 3 is 2.48 bits per heavy atom. The Balaban J connectivity index is 1.78. The number of para-hydroxylation sites is 1. The minimum Gasteiger partial charge on any atom is -0.493 e. The van der Waals surface area contributed by atoms with E-state index in [2.05, 4.69) is 0 Å². The van der Waals surface area contributed by atoms with Crippen LogP contribution >= 0.6 is 0 Å². The maximum atomic E-state index is 12.1. The predicted molar refractivity (Wildman–Crippen MR) is 97.5 cm³/mol. The van der Waals surface area contributed by atoms with Gasteiger partial charge >= 0.3 is 11.4 Å². The van der Waals surface area contributed by atoms with Crippen LogP contribution in [-0.4, -0.2) is 11.2 Å². The van der Waals surface area contributed by atoms with Crippen molar-refractivity contribution in [3.63, 3.8) is 0 Å². The highest BCUT2D eigenvalue weighted by Gasteiger charge is 2.10. The lowest BCUT2D eigenvalue weighted by atomic mass is 10.1. The number of fused-ring (bicyclic) bond motifs is 1. The monoisotopic (exact) mass is 339 g/mol. The van der Waals surface area contributed by atoms with Crippen LogP contribution in [0.4, 0.5) is 0 Å². The van der Waals surface area contributed by atoms with E-state index in [1.807, 2.05) is 45.0 Å². The molecule has 0 bridgehead atoms. The van der Waals surface area contributed by atoms with E-state index in [1.165, 1.54) is 4.57 Å². The summed E-state index contributed by atoms with van der Waals surface area (Å²) in [4.78, 5) is 24.0. The molecule has 2 aromatic carbocycles. The number of rotatable bonds is 5. The quantitative estimate of drug-likeness (QED) is 0.669. The average molecular weight is 339 g/mol. The molecule has 0 aliphatic rings. The van der Waals surface area contributed by atoms with E-state index in [-0.39, 0.29) is 0 Å². The third kappa shape index (κ3) is 3.50. The first kappa shape index (κ1) is 17.0. The molecule has 0 atom stereocenters. The number of ether oxygens (including phenoxy) is 1. The van der Waals surface area contributed by atoms with Gasteiger partial charge in [-0.2, -0.15) is 0 Å². The Bertz CT molecular complexity index is 1010. The number of aromatic nitrogens is 1. The zero-order chi connectivity index (χ0) is 18.0. The van der Waals surface area contributed by atoms with Gasteiger partial charge in [0.1, 0.15) is 5.75 Å². The van der Waals surface area contributed by atoms with Gasteiger partial charge < -0.3 is 9.15 Å². The van der Waals surface area contributed by atoms with E-state index in [4.69, 9.17) is 9.15 Å². The van der Waals surface area contributed by atoms with Crippen molar-refractivity contribution < 1.29 is 9.15 Å². The first-order valence-corrected chi connectivity index (χ1v) is 8.30. The number of hydrogen-bond donors (Lipinski definition) is 0. The Morgan fingerprint density at radius 1 is 1.04 bits per heavy atom. The lowest BCUT2D eigenvalue weighted by molar-refractivity contribution is 0.293. The molecule has 0 saturated carbocycles. The largest absolute Gasteiger partial charge is 0.493 e. The lowest BCUT2D eigenvalue weighted by Crippen LogP contribution is -2.25.